The van der Waals surface area contributed by atoms with E-state index < -0.39 is 14.9 Å². The highest BCUT2D eigenvalue weighted by molar-refractivity contribution is 7.89. The van der Waals surface area contributed by atoms with Crippen molar-refractivity contribution >= 4 is 21.4 Å². The number of aromatic nitrogens is 2. The number of nitro benzene ring substituents is 1. The molecular weight excluding hydrogens is 382 g/mol. The zero-order valence-corrected chi connectivity index (χ0v) is 16.3. The van der Waals surface area contributed by atoms with Gasteiger partial charge in [0.15, 0.2) is 0 Å². The fourth-order valence-corrected chi connectivity index (χ4v) is 5.47. The second-order valence-corrected chi connectivity index (χ2v) is 9.21. The van der Waals surface area contributed by atoms with Gasteiger partial charge in [-0.15, -0.1) is 0 Å². The first-order valence-electron chi connectivity index (χ1n) is 9.51. The van der Waals surface area contributed by atoms with Crippen LogP contribution in [0.1, 0.15) is 36.9 Å². The number of hydrogen-bond acceptors (Lipinski definition) is 6. The minimum Gasteiger partial charge on any atom is -0.361 e. The molecule has 1 aromatic heterocycles. The molecule has 28 heavy (non-hydrogen) atoms. The van der Waals surface area contributed by atoms with Gasteiger partial charge in [-0.1, -0.05) is 12.8 Å². The van der Waals surface area contributed by atoms with Crippen LogP contribution in [0.3, 0.4) is 0 Å². The van der Waals surface area contributed by atoms with Crippen molar-refractivity contribution in [2.45, 2.75) is 43.5 Å². The zero-order valence-electron chi connectivity index (χ0n) is 15.5. The highest BCUT2D eigenvalue weighted by atomic mass is 32.2. The van der Waals surface area contributed by atoms with E-state index in [2.05, 4.69) is 10.2 Å². The van der Waals surface area contributed by atoms with Crippen LogP contribution >= 0.6 is 0 Å². The molecule has 0 unspecified atom stereocenters. The van der Waals surface area contributed by atoms with E-state index in [1.807, 2.05) is 4.90 Å². The standard InChI is InChI=1S/C18H23N5O4S/c24-23(25)18-11-15(28(26,27)22-8-3-1-2-4-9-22)5-6-17(18)21-10-7-16-14(13-21)12-19-20-16/h5-6,11-12H,1-4,7-10,13H2,(H,19,20). The SMILES string of the molecule is O=[N+]([O-])c1cc(S(=O)(=O)N2CCCCCC2)ccc1N1CCc2[nH]ncc2C1. The summed E-state index contributed by atoms with van der Waals surface area (Å²) >= 11 is 0. The minimum atomic E-state index is -3.73. The summed E-state index contributed by atoms with van der Waals surface area (Å²) in [7, 11) is -3.73. The summed E-state index contributed by atoms with van der Waals surface area (Å²) in [4.78, 5) is 13.1. The van der Waals surface area contributed by atoms with E-state index in [1.165, 1.54) is 16.4 Å². The van der Waals surface area contributed by atoms with Crippen LogP contribution in [0.5, 0.6) is 0 Å². The number of sulfonamides is 1. The summed E-state index contributed by atoms with van der Waals surface area (Å²) in [5, 5.41) is 18.7. The minimum absolute atomic E-state index is 0.00846. The van der Waals surface area contributed by atoms with Crippen molar-refractivity contribution in [2.24, 2.45) is 0 Å². The summed E-state index contributed by atoms with van der Waals surface area (Å²) in [6, 6.07) is 4.27. The maximum absolute atomic E-state index is 13.0. The molecule has 9 nitrogen and oxygen atoms in total. The highest BCUT2D eigenvalue weighted by Crippen LogP contribution is 2.34. The Hall–Kier alpha value is -2.46. The van der Waals surface area contributed by atoms with Crippen molar-refractivity contribution in [1.82, 2.24) is 14.5 Å². The Morgan fingerprint density at radius 1 is 1.11 bits per heavy atom. The number of nitrogens with one attached hydrogen (secondary N) is 1. The van der Waals surface area contributed by atoms with Gasteiger partial charge in [0.2, 0.25) is 10.0 Å². The van der Waals surface area contributed by atoms with Gasteiger partial charge in [-0.2, -0.15) is 9.40 Å². The first-order valence-corrected chi connectivity index (χ1v) is 11.0. The molecule has 3 heterocycles. The maximum Gasteiger partial charge on any atom is 0.293 e. The van der Waals surface area contributed by atoms with Gasteiger partial charge in [0.25, 0.3) is 5.69 Å². The van der Waals surface area contributed by atoms with E-state index in [1.54, 1.807) is 12.3 Å². The maximum atomic E-state index is 13.0. The Kier molecular flexibility index (Phi) is 5.07. The van der Waals surface area contributed by atoms with Gasteiger partial charge in [0.1, 0.15) is 5.69 Å². The van der Waals surface area contributed by atoms with Crippen molar-refractivity contribution in [3.8, 4) is 0 Å². The monoisotopic (exact) mass is 405 g/mol. The lowest BCUT2D eigenvalue weighted by molar-refractivity contribution is -0.384. The van der Waals surface area contributed by atoms with Crippen LogP contribution in [-0.2, 0) is 23.0 Å². The predicted molar refractivity (Wildman–Crippen MR) is 104 cm³/mol. The lowest BCUT2D eigenvalue weighted by Gasteiger charge is -2.28. The van der Waals surface area contributed by atoms with Gasteiger partial charge in [-0.3, -0.25) is 15.2 Å². The molecule has 2 aliphatic rings. The van der Waals surface area contributed by atoms with Crippen LogP contribution in [0.25, 0.3) is 0 Å². The molecule has 1 N–H and O–H groups in total. The Balaban J connectivity index is 1.67. The third-order valence-electron chi connectivity index (χ3n) is 5.49. The summed E-state index contributed by atoms with van der Waals surface area (Å²) in [6.45, 7) is 2.04. The molecule has 150 valence electrons. The van der Waals surface area contributed by atoms with Gasteiger partial charge in [0, 0.05) is 49.9 Å². The molecule has 1 fully saturated rings. The van der Waals surface area contributed by atoms with Gasteiger partial charge in [0.05, 0.1) is 16.0 Å². The van der Waals surface area contributed by atoms with Gasteiger partial charge >= 0.3 is 0 Å². The van der Waals surface area contributed by atoms with E-state index in [4.69, 9.17) is 0 Å². The molecule has 0 aliphatic carbocycles. The van der Waals surface area contributed by atoms with Crippen molar-refractivity contribution in [1.29, 1.82) is 0 Å². The Labute approximate surface area is 163 Å². The zero-order chi connectivity index (χ0) is 19.7. The lowest BCUT2D eigenvalue weighted by atomic mass is 10.1. The Morgan fingerprint density at radius 3 is 2.57 bits per heavy atom. The Morgan fingerprint density at radius 2 is 1.86 bits per heavy atom. The number of nitrogens with zero attached hydrogens (tertiary/aromatic N) is 4. The molecule has 0 spiro atoms. The summed E-state index contributed by atoms with van der Waals surface area (Å²) < 4.78 is 27.5. The van der Waals surface area contributed by atoms with Crippen LogP contribution in [0.4, 0.5) is 11.4 Å². The third-order valence-corrected chi connectivity index (χ3v) is 7.38. The average molecular weight is 405 g/mol. The normalized spacial score (nSPS) is 18.5. The molecule has 0 amide bonds. The molecule has 2 aliphatic heterocycles. The molecule has 10 heteroatoms. The molecular formula is C18H23N5O4S. The van der Waals surface area contributed by atoms with E-state index >= 15 is 0 Å². The number of hydrogen-bond donors (Lipinski definition) is 1. The largest absolute Gasteiger partial charge is 0.361 e. The fraction of sp³-hybridized carbons (Fsp3) is 0.500. The number of aromatic amines is 1. The topological polar surface area (TPSA) is 112 Å². The van der Waals surface area contributed by atoms with Gasteiger partial charge in [-0.25, -0.2) is 8.42 Å². The van der Waals surface area contributed by atoms with Crippen LogP contribution in [-0.4, -0.2) is 47.5 Å². The van der Waals surface area contributed by atoms with Crippen molar-refractivity contribution in [3.05, 3.63) is 45.8 Å². The van der Waals surface area contributed by atoms with E-state index in [9.17, 15) is 18.5 Å². The lowest BCUT2D eigenvalue weighted by Crippen LogP contribution is -2.32. The van der Waals surface area contributed by atoms with E-state index in [-0.39, 0.29) is 10.6 Å². The predicted octanol–water partition coefficient (Wildman–Crippen LogP) is 2.45. The van der Waals surface area contributed by atoms with Crippen molar-refractivity contribution in [2.75, 3.05) is 24.5 Å². The third kappa shape index (κ3) is 3.49. The molecule has 0 atom stereocenters. The number of anilines is 1. The smallest absolute Gasteiger partial charge is 0.293 e. The van der Waals surface area contributed by atoms with Crippen molar-refractivity contribution in [3.63, 3.8) is 0 Å². The molecule has 1 saturated heterocycles. The molecule has 4 rings (SSSR count). The first kappa shape index (κ1) is 18.9. The molecule has 2 aromatic rings. The van der Waals surface area contributed by atoms with Crippen molar-refractivity contribution < 1.29 is 13.3 Å². The fourth-order valence-electron chi connectivity index (χ4n) is 3.94. The average Bonchev–Trinajstić information content (AvgIpc) is 2.98. The van der Waals surface area contributed by atoms with Crippen LogP contribution in [0.2, 0.25) is 0 Å². The molecule has 1 aromatic carbocycles. The van der Waals surface area contributed by atoms with E-state index in [0.29, 0.717) is 38.3 Å². The number of nitro groups is 1. The molecule has 0 bridgehead atoms. The highest BCUT2D eigenvalue weighted by Gasteiger charge is 2.30. The van der Waals surface area contributed by atoms with E-state index in [0.717, 1.165) is 36.9 Å². The van der Waals surface area contributed by atoms with Gasteiger partial charge in [-0.05, 0) is 25.0 Å². The number of H-pyrrole nitrogens is 1. The summed E-state index contributed by atoms with van der Waals surface area (Å²) in [5.74, 6) is 0. The molecule has 0 saturated carbocycles. The second kappa shape index (κ2) is 7.51. The van der Waals surface area contributed by atoms with Crippen LogP contribution < -0.4 is 4.90 Å². The molecule has 0 radical (unpaired) electrons. The number of rotatable bonds is 4. The second-order valence-electron chi connectivity index (χ2n) is 7.27. The first-order chi connectivity index (χ1) is 13.5. The van der Waals surface area contributed by atoms with Crippen LogP contribution in [0.15, 0.2) is 29.3 Å². The Bertz CT molecular complexity index is 980. The summed E-state index contributed by atoms with van der Waals surface area (Å²) in [6.07, 6.45) is 6.10. The summed E-state index contributed by atoms with van der Waals surface area (Å²) in [5.41, 5.74) is 2.30. The number of benzene rings is 1. The quantitative estimate of drug-likeness (QED) is 0.618. The van der Waals surface area contributed by atoms with Gasteiger partial charge < -0.3 is 4.90 Å². The van der Waals surface area contributed by atoms with Crippen LogP contribution in [0, 0.1) is 10.1 Å². The number of fused-ring (bicyclic) bond motifs is 1.